The fraction of sp³-hybridized carbons (Fsp3) is 0.462. The smallest absolute Gasteiger partial charge is 0.254 e. The molecule has 1 unspecified atom stereocenters. The number of nitrogen functional groups attached to an aromatic ring is 1. The van der Waals surface area contributed by atoms with Crippen LogP contribution < -0.4 is 5.73 Å². The van der Waals surface area contributed by atoms with Crippen molar-refractivity contribution in [1.29, 1.82) is 0 Å². The molecule has 1 rings (SSSR count). The van der Waals surface area contributed by atoms with E-state index in [1.807, 2.05) is 6.92 Å². The molecule has 4 nitrogen and oxygen atoms in total. The normalized spacial score (nSPS) is 12.3. The molecule has 0 saturated carbocycles. The molecular weight excluding hydrogens is 235 g/mol. The molecule has 100 valence electrons. The Hall–Kier alpha value is -1.62. The predicted molar refractivity (Wildman–Crippen MR) is 69.0 cm³/mol. The number of amides is 1. The van der Waals surface area contributed by atoms with Crippen LogP contribution in [0.2, 0.25) is 0 Å². The zero-order chi connectivity index (χ0) is 13.9. The van der Waals surface area contributed by atoms with Crippen LogP contribution in [0.5, 0.6) is 0 Å². The Balaban J connectivity index is 2.97. The summed E-state index contributed by atoms with van der Waals surface area (Å²) in [5.41, 5.74) is 6.55. The topological polar surface area (TPSA) is 55.6 Å². The maximum atomic E-state index is 13.5. The molecule has 2 N–H and O–H groups in total. The molecule has 0 bridgehead atoms. The molecule has 0 saturated heterocycles. The third kappa shape index (κ3) is 2.98. The number of rotatable bonds is 4. The number of halogens is 1. The van der Waals surface area contributed by atoms with Crippen molar-refractivity contribution in [3.63, 3.8) is 0 Å². The van der Waals surface area contributed by atoms with E-state index >= 15 is 0 Å². The van der Waals surface area contributed by atoms with Gasteiger partial charge in [-0.1, -0.05) is 0 Å². The fourth-order valence-corrected chi connectivity index (χ4v) is 1.58. The second kappa shape index (κ2) is 5.82. The van der Waals surface area contributed by atoms with E-state index in [2.05, 4.69) is 0 Å². The lowest BCUT2D eigenvalue weighted by Gasteiger charge is -2.24. The number of anilines is 1. The maximum Gasteiger partial charge on any atom is 0.254 e. The number of hydrogen-bond acceptors (Lipinski definition) is 3. The van der Waals surface area contributed by atoms with Gasteiger partial charge < -0.3 is 15.4 Å². The van der Waals surface area contributed by atoms with Gasteiger partial charge in [-0.25, -0.2) is 4.39 Å². The van der Waals surface area contributed by atoms with Crippen molar-refractivity contribution in [2.75, 3.05) is 26.5 Å². The first-order valence-corrected chi connectivity index (χ1v) is 5.70. The molecule has 1 aromatic carbocycles. The van der Waals surface area contributed by atoms with Crippen LogP contribution in [0.1, 0.15) is 22.8 Å². The largest absolute Gasteiger partial charge is 0.398 e. The van der Waals surface area contributed by atoms with Crippen molar-refractivity contribution in [3.05, 3.63) is 29.1 Å². The van der Waals surface area contributed by atoms with Gasteiger partial charge in [-0.2, -0.15) is 0 Å². The third-order valence-corrected chi connectivity index (χ3v) is 3.02. The van der Waals surface area contributed by atoms with Crippen molar-refractivity contribution in [2.24, 2.45) is 0 Å². The summed E-state index contributed by atoms with van der Waals surface area (Å²) in [4.78, 5) is 13.6. The van der Waals surface area contributed by atoms with Gasteiger partial charge in [-0.05, 0) is 26.0 Å². The maximum absolute atomic E-state index is 13.5. The van der Waals surface area contributed by atoms with Crippen LogP contribution in [-0.4, -0.2) is 37.6 Å². The molecule has 0 aliphatic carbocycles. The summed E-state index contributed by atoms with van der Waals surface area (Å²) in [5, 5.41) is 0. The van der Waals surface area contributed by atoms with Crippen molar-refractivity contribution >= 4 is 11.6 Å². The number of benzene rings is 1. The molecule has 1 atom stereocenters. The van der Waals surface area contributed by atoms with Crippen molar-refractivity contribution in [3.8, 4) is 0 Å². The highest BCUT2D eigenvalue weighted by Gasteiger charge is 2.19. The lowest BCUT2D eigenvalue weighted by molar-refractivity contribution is 0.0633. The van der Waals surface area contributed by atoms with E-state index < -0.39 is 5.82 Å². The molecular formula is C13H19FN2O2. The van der Waals surface area contributed by atoms with E-state index in [0.717, 1.165) is 0 Å². The Morgan fingerprint density at radius 1 is 1.56 bits per heavy atom. The summed E-state index contributed by atoms with van der Waals surface area (Å²) < 4.78 is 18.5. The second-order valence-electron chi connectivity index (χ2n) is 4.39. The van der Waals surface area contributed by atoms with Gasteiger partial charge in [-0.15, -0.1) is 0 Å². The molecule has 1 aromatic rings. The zero-order valence-corrected chi connectivity index (χ0v) is 11.2. The summed E-state index contributed by atoms with van der Waals surface area (Å²) in [6, 6.07) is 2.62. The molecule has 5 heteroatoms. The molecule has 0 aromatic heterocycles. The number of carbonyl (C=O) groups is 1. The summed E-state index contributed by atoms with van der Waals surface area (Å²) in [7, 11) is 3.22. The Morgan fingerprint density at radius 3 is 2.67 bits per heavy atom. The minimum absolute atomic E-state index is 0.0897. The van der Waals surface area contributed by atoms with Crippen LogP contribution in [0.15, 0.2) is 12.1 Å². The second-order valence-corrected chi connectivity index (χ2v) is 4.39. The first-order valence-electron chi connectivity index (χ1n) is 5.70. The SMILES string of the molecule is COCC(C)N(C)C(=O)c1cc(N)c(C)c(F)c1. The third-order valence-electron chi connectivity index (χ3n) is 3.02. The van der Waals surface area contributed by atoms with Crippen LogP contribution in [0.3, 0.4) is 0 Å². The van der Waals surface area contributed by atoms with Crippen LogP contribution in [0, 0.1) is 12.7 Å². The Bertz CT molecular complexity index is 426. The average molecular weight is 254 g/mol. The number of ether oxygens (including phenoxy) is 1. The fourth-order valence-electron chi connectivity index (χ4n) is 1.58. The number of nitrogens with two attached hydrogens (primary N) is 1. The van der Waals surface area contributed by atoms with Crippen molar-refractivity contribution < 1.29 is 13.9 Å². The first-order chi connectivity index (χ1) is 8.38. The number of methoxy groups -OCH3 is 1. The predicted octanol–water partition coefficient (Wildman–Crippen LogP) is 1.82. The lowest BCUT2D eigenvalue weighted by Crippen LogP contribution is -2.37. The van der Waals surface area contributed by atoms with Gasteiger partial charge in [0.05, 0.1) is 12.6 Å². The summed E-state index contributed by atoms with van der Waals surface area (Å²) in [6.45, 7) is 3.86. The molecule has 0 aliphatic rings. The molecule has 0 spiro atoms. The van der Waals surface area contributed by atoms with Gasteiger partial charge in [0.15, 0.2) is 0 Å². The summed E-state index contributed by atoms with van der Waals surface area (Å²) in [5.74, 6) is -0.740. The Kier molecular flexibility index (Phi) is 4.67. The van der Waals surface area contributed by atoms with Gasteiger partial charge in [0.1, 0.15) is 5.82 Å². The van der Waals surface area contributed by atoms with E-state index in [-0.39, 0.29) is 23.2 Å². The highest BCUT2D eigenvalue weighted by molar-refractivity contribution is 5.95. The van der Waals surface area contributed by atoms with Crippen LogP contribution >= 0.6 is 0 Å². The van der Waals surface area contributed by atoms with Gasteiger partial charge in [0, 0.05) is 31.0 Å². The molecule has 0 radical (unpaired) electrons. The van der Waals surface area contributed by atoms with Crippen LogP contribution in [-0.2, 0) is 4.74 Å². The van der Waals surface area contributed by atoms with Gasteiger partial charge in [0.2, 0.25) is 0 Å². The van der Waals surface area contributed by atoms with Gasteiger partial charge in [0.25, 0.3) is 5.91 Å². The van der Waals surface area contributed by atoms with E-state index in [0.29, 0.717) is 12.2 Å². The molecule has 0 heterocycles. The Morgan fingerprint density at radius 2 is 2.17 bits per heavy atom. The van der Waals surface area contributed by atoms with E-state index in [1.54, 1.807) is 21.1 Å². The number of carbonyl (C=O) groups excluding carboxylic acids is 1. The number of nitrogens with zero attached hydrogens (tertiary/aromatic N) is 1. The Labute approximate surface area is 107 Å². The molecule has 1 amide bonds. The highest BCUT2D eigenvalue weighted by Crippen LogP contribution is 2.19. The number of hydrogen-bond donors (Lipinski definition) is 1. The summed E-state index contributed by atoms with van der Waals surface area (Å²) in [6.07, 6.45) is 0. The van der Waals surface area contributed by atoms with E-state index in [4.69, 9.17) is 10.5 Å². The van der Waals surface area contributed by atoms with E-state index in [1.165, 1.54) is 17.0 Å². The van der Waals surface area contributed by atoms with Crippen LogP contribution in [0.4, 0.5) is 10.1 Å². The number of likely N-dealkylation sites (N-methyl/N-ethyl adjacent to an activating group) is 1. The van der Waals surface area contributed by atoms with Gasteiger partial charge in [-0.3, -0.25) is 4.79 Å². The van der Waals surface area contributed by atoms with Gasteiger partial charge >= 0.3 is 0 Å². The standard InChI is InChI=1S/C13H19FN2O2/c1-8(7-18-4)16(3)13(17)10-5-11(14)9(2)12(15)6-10/h5-6,8H,7,15H2,1-4H3. The minimum Gasteiger partial charge on any atom is -0.398 e. The van der Waals surface area contributed by atoms with E-state index in [9.17, 15) is 9.18 Å². The highest BCUT2D eigenvalue weighted by atomic mass is 19.1. The monoisotopic (exact) mass is 254 g/mol. The lowest BCUT2D eigenvalue weighted by atomic mass is 10.1. The quantitative estimate of drug-likeness (QED) is 0.834. The first kappa shape index (κ1) is 14.4. The zero-order valence-electron chi connectivity index (χ0n) is 11.2. The molecule has 0 fully saturated rings. The molecule has 0 aliphatic heterocycles. The average Bonchev–Trinajstić information content (AvgIpc) is 2.33. The minimum atomic E-state index is -0.467. The van der Waals surface area contributed by atoms with Crippen molar-refractivity contribution in [2.45, 2.75) is 19.9 Å². The van der Waals surface area contributed by atoms with Crippen molar-refractivity contribution in [1.82, 2.24) is 4.90 Å². The van der Waals surface area contributed by atoms with Crippen LogP contribution in [0.25, 0.3) is 0 Å². The summed E-state index contributed by atoms with van der Waals surface area (Å²) >= 11 is 0. The molecule has 18 heavy (non-hydrogen) atoms.